The maximum atomic E-state index is 12.6. The number of halogens is 1. The van der Waals surface area contributed by atoms with Gasteiger partial charge in [0, 0.05) is 32.6 Å². The first-order valence-corrected chi connectivity index (χ1v) is 11.7. The lowest BCUT2D eigenvalue weighted by molar-refractivity contribution is -0.117. The summed E-state index contributed by atoms with van der Waals surface area (Å²) in [7, 11) is 0. The van der Waals surface area contributed by atoms with Gasteiger partial charge in [0.05, 0.1) is 13.1 Å². The Morgan fingerprint density at radius 2 is 2.09 bits per heavy atom. The van der Waals surface area contributed by atoms with Gasteiger partial charge >= 0.3 is 0 Å². The third-order valence-electron chi connectivity index (χ3n) is 5.22. The van der Waals surface area contributed by atoms with Crippen molar-refractivity contribution in [2.45, 2.75) is 20.0 Å². The lowest BCUT2D eigenvalue weighted by Gasteiger charge is -2.09. The molecule has 33 heavy (non-hydrogen) atoms. The van der Waals surface area contributed by atoms with Crippen LogP contribution in [0.2, 0.25) is 5.02 Å². The van der Waals surface area contributed by atoms with E-state index >= 15 is 0 Å². The van der Waals surface area contributed by atoms with Crippen LogP contribution in [0.4, 0.5) is 0 Å². The zero-order valence-corrected chi connectivity index (χ0v) is 19.6. The van der Waals surface area contributed by atoms with Crippen molar-refractivity contribution in [3.8, 4) is 11.8 Å². The number of benzene rings is 2. The molecule has 0 saturated carbocycles. The number of ether oxygens (including phenoxy) is 1. The standard InChI is InChI=1S/C26H22ClN3O2S/c1-18-13-21(8-9-24(18)27)32-11-10-30-17-20(23-6-2-3-7-25(23)30)14-19(15-28)26(31)29-16-22-5-4-12-33-22/h2-9,12-14,17H,10-11,16H2,1H3,(H,29,31)/b19-14+. The third-order valence-corrected chi connectivity index (χ3v) is 6.52. The van der Waals surface area contributed by atoms with Crippen LogP contribution >= 0.6 is 22.9 Å². The Morgan fingerprint density at radius 3 is 2.85 bits per heavy atom. The number of nitrogens with one attached hydrogen (secondary N) is 1. The van der Waals surface area contributed by atoms with Crippen molar-refractivity contribution in [3.63, 3.8) is 0 Å². The van der Waals surface area contributed by atoms with Gasteiger partial charge in [-0.25, -0.2) is 0 Å². The maximum Gasteiger partial charge on any atom is 0.262 e. The molecule has 0 aliphatic heterocycles. The molecule has 0 atom stereocenters. The van der Waals surface area contributed by atoms with E-state index in [2.05, 4.69) is 9.88 Å². The number of thiophene rings is 1. The summed E-state index contributed by atoms with van der Waals surface area (Å²) in [6, 6.07) is 19.4. The van der Waals surface area contributed by atoms with Crippen molar-refractivity contribution in [3.05, 3.63) is 92.8 Å². The highest BCUT2D eigenvalue weighted by atomic mass is 35.5. The minimum Gasteiger partial charge on any atom is -0.492 e. The van der Waals surface area contributed by atoms with E-state index in [0.717, 1.165) is 32.7 Å². The number of hydrogen-bond acceptors (Lipinski definition) is 4. The molecule has 0 spiro atoms. The highest BCUT2D eigenvalue weighted by Crippen LogP contribution is 2.25. The number of rotatable bonds is 8. The average Bonchev–Trinajstić information content (AvgIpc) is 3.47. The van der Waals surface area contributed by atoms with Gasteiger partial charge in [0.1, 0.15) is 24.0 Å². The predicted octanol–water partition coefficient (Wildman–Crippen LogP) is 5.97. The van der Waals surface area contributed by atoms with E-state index in [-0.39, 0.29) is 11.5 Å². The highest BCUT2D eigenvalue weighted by Gasteiger charge is 2.13. The number of aromatic nitrogens is 1. The van der Waals surface area contributed by atoms with Crippen LogP contribution in [0.3, 0.4) is 0 Å². The highest BCUT2D eigenvalue weighted by molar-refractivity contribution is 7.09. The van der Waals surface area contributed by atoms with Crippen LogP contribution in [-0.4, -0.2) is 17.1 Å². The summed E-state index contributed by atoms with van der Waals surface area (Å²) in [4.78, 5) is 13.6. The topological polar surface area (TPSA) is 67.0 Å². The number of hydrogen-bond donors (Lipinski definition) is 1. The molecule has 4 rings (SSSR count). The van der Waals surface area contributed by atoms with E-state index in [4.69, 9.17) is 16.3 Å². The second-order valence-corrected chi connectivity index (χ2v) is 8.93. The normalized spacial score (nSPS) is 11.4. The Morgan fingerprint density at radius 1 is 1.24 bits per heavy atom. The molecular formula is C26H22ClN3O2S. The number of carbonyl (C=O) groups excluding carboxylic acids is 1. The van der Waals surface area contributed by atoms with E-state index in [9.17, 15) is 10.1 Å². The summed E-state index contributed by atoms with van der Waals surface area (Å²) in [6.07, 6.45) is 3.59. The molecule has 0 bridgehead atoms. The number of carbonyl (C=O) groups is 1. The predicted molar refractivity (Wildman–Crippen MR) is 133 cm³/mol. The van der Waals surface area contributed by atoms with Crippen LogP contribution in [0.15, 0.2) is 71.7 Å². The maximum absolute atomic E-state index is 12.6. The molecular weight excluding hydrogens is 454 g/mol. The molecule has 166 valence electrons. The van der Waals surface area contributed by atoms with Gasteiger partial charge in [-0.1, -0.05) is 35.9 Å². The van der Waals surface area contributed by atoms with Gasteiger partial charge in [0.15, 0.2) is 0 Å². The number of fused-ring (bicyclic) bond motifs is 1. The van der Waals surface area contributed by atoms with Gasteiger partial charge in [-0.2, -0.15) is 5.26 Å². The number of aryl methyl sites for hydroxylation is 1. The first-order valence-electron chi connectivity index (χ1n) is 10.4. The molecule has 1 N–H and O–H groups in total. The van der Waals surface area contributed by atoms with Crippen LogP contribution in [0.5, 0.6) is 5.75 Å². The van der Waals surface area contributed by atoms with E-state index in [1.165, 1.54) is 0 Å². The Kier molecular flexibility index (Phi) is 7.13. The first-order chi connectivity index (χ1) is 16.0. The van der Waals surface area contributed by atoms with E-state index in [1.54, 1.807) is 17.4 Å². The molecule has 0 aliphatic carbocycles. The smallest absolute Gasteiger partial charge is 0.262 e. The van der Waals surface area contributed by atoms with Gasteiger partial charge < -0.3 is 14.6 Å². The largest absolute Gasteiger partial charge is 0.492 e. The van der Waals surface area contributed by atoms with E-state index < -0.39 is 0 Å². The van der Waals surface area contributed by atoms with Crippen LogP contribution in [0.25, 0.3) is 17.0 Å². The average molecular weight is 476 g/mol. The minimum absolute atomic E-state index is 0.0716. The van der Waals surface area contributed by atoms with Gasteiger partial charge in [0.2, 0.25) is 0 Å². The quantitative estimate of drug-likeness (QED) is 0.252. The van der Waals surface area contributed by atoms with Crippen molar-refractivity contribution < 1.29 is 9.53 Å². The van der Waals surface area contributed by atoms with Crippen molar-refractivity contribution in [2.24, 2.45) is 0 Å². The van der Waals surface area contributed by atoms with Crippen LogP contribution < -0.4 is 10.1 Å². The molecule has 4 aromatic rings. The third kappa shape index (κ3) is 5.46. The zero-order valence-electron chi connectivity index (χ0n) is 18.0. The molecule has 0 aliphatic rings. The van der Waals surface area contributed by atoms with Crippen LogP contribution in [-0.2, 0) is 17.9 Å². The molecule has 0 unspecified atom stereocenters. The summed E-state index contributed by atoms with van der Waals surface area (Å²) in [5.74, 6) is 0.381. The molecule has 2 aromatic heterocycles. The Balaban J connectivity index is 1.51. The summed E-state index contributed by atoms with van der Waals surface area (Å²) >= 11 is 7.65. The van der Waals surface area contributed by atoms with Gasteiger partial charge in [-0.05, 0) is 54.3 Å². The Bertz CT molecular complexity index is 1350. The van der Waals surface area contributed by atoms with Crippen LogP contribution in [0, 0.1) is 18.3 Å². The summed E-state index contributed by atoms with van der Waals surface area (Å²) in [6.45, 7) is 3.42. The molecule has 0 saturated heterocycles. The monoisotopic (exact) mass is 475 g/mol. The second-order valence-electron chi connectivity index (χ2n) is 7.49. The fraction of sp³-hybridized carbons (Fsp3) is 0.154. The molecule has 1 amide bonds. The van der Waals surface area contributed by atoms with Crippen molar-refractivity contribution >= 4 is 45.8 Å². The summed E-state index contributed by atoms with van der Waals surface area (Å²) in [5.41, 5.74) is 2.86. The SMILES string of the molecule is Cc1cc(OCCn2cc(/C=C(\C#N)C(=O)NCc3cccs3)c3ccccc32)ccc1Cl. The molecule has 0 fully saturated rings. The Labute approximate surface area is 201 Å². The van der Waals surface area contributed by atoms with Crippen molar-refractivity contribution in [2.75, 3.05) is 6.61 Å². The number of para-hydroxylation sites is 1. The van der Waals surface area contributed by atoms with Gasteiger partial charge in [-0.3, -0.25) is 4.79 Å². The van der Waals surface area contributed by atoms with E-state index in [1.807, 2.05) is 79.2 Å². The molecule has 5 nitrogen and oxygen atoms in total. The Hall–Kier alpha value is -3.53. The van der Waals surface area contributed by atoms with E-state index in [0.29, 0.717) is 24.7 Å². The first kappa shape index (κ1) is 22.7. The fourth-order valence-corrected chi connectivity index (χ4v) is 4.29. The molecule has 0 radical (unpaired) electrons. The van der Waals surface area contributed by atoms with Crippen LogP contribution in [0.1, 0.15) is 16.0 Å². The molecule has 2 aromatic carbocycles. The number of nitriles is 1. The van der Waals surface area contributed by atoms with Gasteiger partial charge in [0.25, 0.3) is 5.91 Å². The lowest BCUT2D eigenvalue weighted by atomic mass is 10.1. The fourth-order valence-electron chi connectivity index (χ4n) is 3.52. The number of nitrogens with zero attached hydrogens (tertiary/aromatic N) is 2. The van der Waals surface area contributed by atoms with Crippen molar-refractivity contribution in [1.82, 2.24) is 9.88 Å². The van der Waals surface area contributed by atoms with Gasteiger partial charge in [-0.15, -0.1) is 11.3 Å². The second kappa shape index (κ2) is 10.4. The summed E-state index contributed by atoms with van der Waals surface area (Å²) < 4.78 is 7.97. The minimum atomic E-state index is -0.385. The lowest BCUT2D eigenvalue weighted by Crippen LogP contribution is -2.23. The summed E-state index contributed by atoms with van der Waals surface area (Å²) in [5, 5.41) is 16.0. The number of amides is 1. The zero-order chi connectivity index (χ0) is 23.2. The molecule has 7 heteroatoms. The van der Waals surface area contributed by atoms with Crippen molar-refractivity contribution in [1.29, 1.82) is 5.26 Å². The molecule has 2 heterocycles.